The van der Waals surface area contributed by atoms with Crippen LogP contribution in [0.5, 0.6) is 0 Å². The van der Waals surface area contributed by atoms with Crippen LogP contribution in [0.2, 0.25) is 0 Å². The average Bonchev–Trinajstić information content (AvgIpc) is 2.93. The molecule has 1 aromatic heterocycles. The third-order valence-electron chi connectivity index (χ3n) is 3.79. The molecular formula is C15H17NOS. The summed E-state index contributed by atoms with van der Waals surface area (Å²) in [6.07, 6.45) is 3.96. The summed E-state index contributed by atoms with van der Waals surface area (Å²) in [4.78, 5) is 4.21. The monoisotopic (exact) mass is 259 g/mol. The van der Waals surface area contributed by atoms with Gasteiger partial charge in [0.05, 0.1) is 17.3 Å². The zero-order chi connectivity index (χ0) is 12.4. The fraction of sp³-hybridized carbons (Fsp3) is 0.400. The number of thiazole rings is 1. The van der Waals surface area contributed by atoms with E-state index in [9.17, 15) is 5.11 Å². The Hall–Kier alpha value is -1.19. The Kier molecular flexibility index (Phi) is 3.43. The van der Waals surface area contributed by atoms with Crippen molar-refractivity contribution in [2.24, 2.45) is 0 Å². The fourth-order valence-electron chi connectivity index (χ4n) is 2.88. The molecule has 94 valence electrons. The first-order valence-corrected chi connectivity index (χ1v) is 7.43. The second-order valence-electron chi connectivity index (χ2n) is 4.95. The normalized spacial score (nSPS) is 20.4. The van der Waals surface area contributed by atoms with Gasteiger partial charge < -0.3 is 5.11 Å². The van der Waals surface area contributed by atoms with Crippen molar-refractivity contribution in [3.05, 3.63) is 52.0 Å². The number of hydrogen-bond acceptors (Lipinski definition) is 3. The first-order chi connectivity index (χ1) is 8.84. The van der Waals surface area contributed by atoms with E-state index in [4.69, 9.17) is 0 Å². The van der Waals surface area contributed by atoms with Crippen molar-refractivity contribution in [2.75, 3.05) is 0 Å². The molecule has 2 unspecified atom stereocenters. The highest BCUT2D eigenvalue weighted by Gasteiger charge is 2.23. The molecule has 1 N–H and O–H groups in total. The summed E-state index contributed by atoms with van der Waals surface area (Å²) < 4.78 is 0. The number of aromatic nitrogens is 1. The molecule has 0 radical (unpaired) electrons. The van der Waals surface area contributed by atoms with E-state index in [1.165, 1.54) is 30.4 Å². The van der Waals surface area contributed by atoms with Crippen molar-refractivity contribution in [2.45, 2.75) is 37.7 Å². The SMILES string of the molecule is OC(CC1CCCc2ccccc21)c1cscn1. The molecule has 3 rings (SSSR count). The summed E-state index contributed by atoms with van der Waals surface area (Å²) in [6.45, 7) is 0. The quantitative estimate of drug-likeness (QED) is 0.912. The van der Waals surface area contributed by atoms with E-state index in [1.807, 2.05) is 5.38 Å². The van der Waals surface area contributed by atoms with Gasteiger partial charge in [0.1, 0.15) is 0 Å². The summed E-state index contributed by atoms with van der Waals surface area (Å²) in [5.74, 6) is 0.478. The topological polar surface area (TPSA) is 33.1 Å². The van der Waals surface area contributed by atoms with Gasteiger partial charge in [0.2, 0.25) is 0 Å². The van der Waals surface area contributed by atoms with Crippen molar-refractivity contribution < 1.29 is 5.11 Å². The van der Waals surface area contributed by atoms with Crippen LogP contribution in [0.25, 0.3) is 0 Å². The molecule has 2 nitrogen and oxygen atoms in total. The maximum atomic E-state index is 10.2. The van der Waals surface area contributed by atoms with Gasteiger partial charge in [-0.3, -0.25) is 0 Å². The van der Waals surface area contributed by atoms with E-state index in [0.717, 1.165) is 12.1 Å². The summed E-state index contributed by atoms with van der Waals surface area (Å²) >= 11 is 1.54. The molecule has 1 aliphatic carbocycles. The molecule has 2 aromatic rings. The number of aliphatic hydroxyl groups excluding tert-OH is 1. The molecule has 18 heavy (non-hydrogen) atoms. The Bertz CT molecular complexity index is 509. The molecule has 1 heterocycles. The van der Waals surface area contributed by atoms with Crippen molar-refractivity contribution in [3.8, 4) is 0 Å². The van der Waals surface area contributed by atoms with Crippen LogP contribution in [0, 0.1) is 0 Å². The summed E-state index contributed by atoms with van der Waals surface area (Å²) in [7, 11) is 0. The molecule has 2 atom stereocenters. The molecule has 3 heteroatoms. The Morgan fingerprint density at radius 3 is 3.11 bits per heavy atom. The highest BCUT2D eigenvalue weighted by Crippen LogP contribution is 2.37. The first-order valence-electron chi connectivity index (χ1n) is 6.48. The lowest BCUT2D eigenvalue weighted by atomic mass is 9.80. The molecule has 1 aliphatic rings. The third-order valence-corrected chi connectivity index (χ3v) is 4.40. The summed E-state index contributed by atoms with van der Waals surface area (Å²) in [5, 5.41) is 12.2. The molecule has 0 saturated heterocycles. The zero-order valence-corrected chi connectivity index (χ0v) is 11.1. The second kappa shape index (κ2) is 5.21. The van der Waals surface area contributed by atoms with E-state index in [1.54, 1.807) is 16.8 Å². The first kappa shape index (κ1) is 11.9. The number of aryl methyl sites for hydroxylation is 1. The van der Waals surface area contributed by atoms with Gasteiger partial charge in [-0.15, -0.1) is 11.3 Å². The van der Waals surface area contributed by atoms with Crippen LogP contribution in [0.4, 0.5) is 0 Å². The molecule has 1 aromatic carbocycles. The van der Waals surface area contributed by atoms with Gasteiger partial charge in [0, 0.05) is 5.38 Å². The molecule has 0 saturated carbocycles. The van der Waals surface area contributed by atoms with Gasteiger partial charge in [-0.25, -0.2) is 4.98 Å². The number of fused-ring (bicyclic) bond motifs is 1. The number of aliphatic hydroxyl groups is 1. The van der Waals surface area contributed by atoms with Crippen LogP contribution in [0.3, 0.4) is 0 Å². The van der Waals surface area contributed by atoms with E-state index in [2.05, 4.69) is 29.2 Å². The maximum absolute atomic E-state index is 10.2. The van der Waals surface area contributed by atoms with Gasteiger partial charge >= 0.3 is 0 Å². The molecule has 0 amide bonds. The van der Waals surface area contributed by atoms with Crippen LogP contribution >= 0.6 is 11.3 Å². The standard InChI is InChI=1S/C15H17NOS/c17-15(14-9-18-10-16-14)8-12-6-3-5-11-4-1-2-7-13(11)12/h1-2,4,7,9-10,12,15,17H,3,5-6,8H2. The van der Waals surface area contributed by atoms with Crippen LogP contribution in [0.1, 0.15) is 48.1 Å². The highest BCUT2D eigenvalue weighted by molar-refractivity contribution is 7.07. The van der Waals surface area contributed by atoms with Gasteiger partial charge in [-0.05, 0) is 42.7 Å². The van der Waals surface area contributed by atoms with Crippen molar-refractivity contribution in [1.29, 1.82) is 0 Å². The van der Waals surface area contributed by atoms with Gasteiger partial charge in [-0.1, -0.05) is 24.3 Å². The Balaban J connectivity index is 1.78. The fourth-order valence-corrected chi connectivity index (χ4v) is 3.48. The molecule has 0 aliphatic heterocycles. The Morgan fingerprint density at radius 1 is 1.39 bits per heavy atom. The molecule has 0 spiro atoms. The van der Waals surface area contributed by atoms with E-state index in [0.29, 0.717) is 5.92 Å². The number of nitrogens with zero attached hydrogens (tertiary/aromatic N) is 1. The average molecular weight is 259 g/mol. The highest BCUT2D eigenvalue weighted by atomic mass is 32.1. The third kappa shape index (κ3) is 2.33. The van der Waals surface area contributed by atoms with E-state index in [-0.39, 0.29) is 0 Å². The number of rotatable bonds is 3. The molecule has 0 bridgehead atoms. The van der Waals surface area contributed by atoms with Crippen molar-refractivity contribution in [1.82, 2.24) is 4.98 Å². The Morgan fingerprint density at radius 2 is 2.28 bits per heavy atom. The largest absolute Gasteiger partial charge is 0.387 e. The Labute approximate surface area is 111 Å². The maximum Gasteiger partial charge on any atom is 0.0974 e. The predicted octanol–water partition coefficient (Wildman–Crippen LogP) is 3.69. The minimum atomic E-state index is -0.424. The van der Waals surface area contributed by atoms with Gasteiger partial charge in [0.25, 0.3) is 0 Å². The van der Waals surface area contributed by atoms with Crippen LogP contribution in [0.15, 0.2) is 35.2 Å². The number of benzene rings is 1. The second-order valence-corrected chi connectivity index (χ2v) is 5.67. The van der Waals surface area contributed by atoms with Gasteiger partial charge in [0.15, 0.2) is 0 Å². The molecule has 0 fully saturated rings. The van der Waals surface area contributed by atoms with Crippen LogP contribution in [-0.2, 0) is 6.42 Å². The van der Waals surface area contributed by atoms with Gasteiger partial charge in [-0.2, -0.15) is 0 Å². The predicted molar refractivity (Wildman–Crippen MR) is 73.8 cm³/mol. The zero-order valence-electron chi connectivity index (χ0n) is 10.2. The lowest BCUT2D eigenvalue weighted by molar-refractivity contribution is 0.150. The van der Waals surface area contributed by atoms with E-state index < -0.39 is 6.10 Å². The number of hydrogen-bond donors (Lipinski definition) is 1. The van der Waals surface area contributed by atoms with Crippen LogP contribution < -0.4 is 0 Å². The summed E-state index contributed by atoms with van der Waals surface area (Å²) in [5.41, 5.74) is 5.49. The minimum Gasteiger partial charge on any atom is -0.387 e. The van der Waals surface area contributed by atoms with Crippen molar-refractivity contribution >= 4 is 11.3 Å². The molecular weight excluding hydrogens is 242 g/mol. The smallest absolute Gasteiger partial charge is 0.0974 e. The summed E-state index contributed by atoms with van der Waals surface area (Å²) in [6, 6.07) is 8.65. The lowest BCUT2D eigenvalue weighted by Gasteiger charge is -2.26. The minimum absolute atomic E-state index is 0.424. The van der Waals surface area contributed by atoms with E-state index >= 15 is 0 Å². The lowest BCUT2D eigenvalue weighted by Crippen LogP contribution is -2.13. The van der Waals surface area contributed by atoms with Crippen LogP contribution in [-0.4, -0.2) is 10.1 Å². The van der Waals surface area contributed by atoms with Crippen molar-refractivity contribution in [3.63, 3.8) is 0 Å².